The van der Waals surface area contributed by atoms with Crippen molar-refractivity contribution in [3.05, 3.63) is 11.9 Å². The summed E-state index contributed by atoms with van der Waals surface area (Å²) in [7, 11) is 0. The Morgan fingerprint density at radius 2 is 2.60 bits per heavy atom. The van der Waals surface area contributed by atoms with Gasteiger partial charge < -0.3 is 5.11 Å². The van der Waals surface area contributed by atoms with E-state index in [1.807, 2.05) is 4.68 Å². The minimum absolute atomic E-state index is 0.351. The van der Waals surface area contributed by atoms with E-state index in [0.29, 0.717) is 11.7 Å². The van der Waals surface area contributed by atoms with E-state index in [1.165, 1.54) is 6.20 Å². The van der Waals surface area contributed by atoms with Crippen LogP contribution in [0.25, 0.3) is 0 Å². The van der Waals surface area contributed by atoms with Crippen LogP contribution in [0.2, 0.25) is 0 Å². The van der Waals surface area contributed by atoms with Crippen LogP contribution in [0.3, 0.4) is 0 Å². The molecule has 1 aliphatic heterocycles. The average Bonchev–Trinajstić information content (AvgIpc) is 2.35. The third-order valence-electron chi connectivity index (χ3n) is 1.95. The smallest absolute Gasteiger partial charge is 0.156 e. The molecule has 2 heterocycles. The monoisotopic (exact) mass is 138 g/mol. The molecule has 1 aliphatic rings. The second-order valence-corrected chi connectivity index (χ2v) is 2.97. The van der Waals surface area contributed by atoms with Crippen molar-refractivity contribution < 1.29 is 5.11 Å². The van der Waals surface area contributed by atoms with Gasteiger partial charge in [0.2, 0.25) is 0 Å². The van der Waals surface area contributed by atoms with E-state index in [1.54, 1.807) is 0 Å². The zero-order valence-electron chi connectivity index (χ0n) is 5.91. The molecule has 2 rings (SSSR count). The van der Waals surface area contributed by atoms with E-state index >= 15 is 0 Å². The summed E-state index contributed by atoms with van der Waals surface area (Å²) in [6, 6.07) is 0. The van der Waals surface area contributed by atoms with Crippen LogP contribution in [0.1, 0.15) is 12.6 Å². The summed E-state index contributed by atoms with van der Waals surface area (Å²) >= 11 is 0. The Hall–Kier alpha value is -0.990. The molecular formula is C7H10N2O. The Morgan fingerprint density at radius 1 is 1.80 bits per heavy atom. The first-order chi connectivity index (χ1) is 4.77. The van der Waals surface area contributed by atoms with Gasteiger partial charge in [-0.1, -0.05) is 6.92 Å². The molecule has 0 aliphatic carbocycles. The van der Waals surface area contributed by atoms with E-state index in [4.69, 9.17) is 0 Å². The first-order valence-electron chi connectivity index (χ1n) is 3.51. The standard InChI is InChI=1S/C7H10N2O/c1-5-2-6-7(10)3-8-9(6)4-5/h3,5,10H,2,4H2,1H3. The van der Waals surface area contributed by atoms with Crippen LogP contribution in [-0.4, -0.2) is 14.9 Å². The van der Waals surface area contributed by atoms with Crippen molar-refractivity contribution in [3.8, 4) is 5.75 Å². The summed E-state index contributed by atoms with van der Waals surface area (Å²) in [5.41, 5.74) is 0.993. The fraction of sp³-hybridized carbons (Fsp3) is 0.571. The summed E-state index contributed by atoms with van der Waals surface area (Å²) in [5.74, 6) is 0.985. The van der Waals surface area contributed by atoms with Gasteiger partial charge in [-0.15, -0.1) is 0 Å². The lowest BCUT2D eigenvalue weighted by atomic mass is 10.1. The fourth-order valence-electron chi connectivity index (χ4n) is 1.46. The molecule has 0 saturated heterocycles. The minimum Gasteiger partial charge on any atom is -0.504 e. The van der Waals surface area contributed by atoms with Gasteiger partial charge in [-0.25, -0.2) is 0 Å². The SMILES string of the molecule is CC1Cc2c(O)cnn2C1. The second-order valence-electron chi connectivity index (χ2n) is 2.97. The molecule has 0 aromatic carbocycles. The van der Waals surface area contributed by atoms with E-state index < -0.39 is 0 Å². The van der Waals surface area contributed by atoms with Crippen molar-refractivity contribution in [1.29, 1.82) is 0 Å². The third kappa shape index (κ3) is 0.632. The van der Waals surface area contributed by atoms with Crippen LogP contribution in [0.4, 0.5) is 0 Å². The molecule has 1 atom stereocenters. The highest BCUT2D eigenvalue weighted by Gasteiger charge is 2.21. The molecule has 1 aromatic rings. The Bertz CT molecular complexity index is 254. The Morgan fingerprint density at radius 3 is 3.30 bits per heavy atom. The van der Waals surface area contributed by atoms with Crippen molar-refractivity contribution in [1.82, 2.24) is 9.78 Å². The second kappa shape index (κ2) is 1.75. The maximum absolute atomic E-state index is 9.21. The number of hydrogen-bond acceptors (Lipinski definition) is 2. The van der Waals surface area contributed by atoms with Gasteiger partial charge >= 0.3 is 0 Å². The quantitative estimate of drug-likeness (QED) is 0.575. The van der Waals surface area contributed by atoms with Crippen molar-refractivity contribution in [2.75, 3.05) is 0 Å². The zero-order valence-corrected chi connectivity index (χ0v) is 5.91. The van der Waals surface area contributed by atoms with Crippen LogP contribution in [0.15, 0.2) is 6.20 Å². The first-order valence-corrected chi connectivity index (χ1v) is 3.51. The van der Waals surface area contributed by atoms with Gasteiger partial charge in [-0.3, -0.25) is 4.68 Å². The van der Waals surface area contributed by atoms with Crippen LogP contribution >= 0.6 is 0 Å². The predicted octanol–water partition coefficient (Wildman–Crippen LogP) is 0.781. The van der Waals surface area contributed by atoms with Crippen LogP contribution in [0, 0.1) is 5.92 Å². The molecule has 0 spiro atoms. The highest BCUT2D eigenvalue weighted by Crippen LogP contribution is 2.26. The lowest BCUT2D eigenvalue weighted by Crippen LogP contribution is -1.98. The van der Waals surface area contributed by atoms with Gasteiger partial charge in [0.1, 0.15) is 0 Å². The summed E-state index contributed by atoms with van der Waals surface area (Å²) in [5, 5.41) is 13.2. The highest BCUT2D eigenvalue weighted by molar-refractivity contribution is 5.25. The maximum Gasteiger partial charge on any atom is 0.156 e. The Kier molecular flexibility index (Phi) is 1.01. The Balaban J connectivity index is 2.44. The third-order valence-corrected chi connectivity index (χ3v) is 1.95. The molecule has 0 saturated carbocycles. The van der Waals surface area contributed by atoms with Crippen LogP contribution < -0.4 is 0 Å². The molecule has 3 nitrogen and oxygen atoms in total. The summed E-state index contributed by atoms with van der Waals surface area (Å²) in [4.78, 5) is 0. The van der Waals surface area contributed by atoms with Crippen molar-refractivity contribution in [2.45, 2.75) is 19.9 Å². The molecule has 0 bridgehead atoms. The number of rotatable bonds is 0. The molecule has 3 heteroatoms. The lowest BCUT2D eigenvalue weighted by molar-refractivity contribution is 0.466. The largest absolute Gasteiger partial charge is 0.504 e. The molecule has 1 unspecified atom stereocenters. The van der Waals surface area contributed by atoms with Crippen LogP contribution in [-0.2, 0) is 13.0 Å². The molecule has 0 amide bonds. The summed E-state index contributed by atoms with van der Waals surface area (Å²) in [6.07, 6.45) is 2.48. The summed E-state index contributed by atoms with van der Waals surface area (Å²) < 4.78 is 1.88. The number of nitrogens with zero attached hydrogens (tertiary/aromatic N) is 2. The molecule has 1 aromatic heterocycles. The predicted molar refractivity (Wildman–Crippen MR) is 36.8 cm³/mol. The molecule has 1 N–H and O–H groups in total. The van der Waals surface area contributed by atoms with Gasteiger partial charge in [0, 0.05) is 6.54 Å². The van der Waals surface area contributed by atoms with Crippen molar-refractivity contribution in [2.24, 2.45) is 5.92 Å². The minimum atomic E-state index is 0.351. The fourth-order valence-corrected chi connectivity index (χ4v) is 1.46. The van der Waals surface area contributed by atoms with Gasteiger partial charge in [-0.2, -0.15) is 5.10 Å². The summed E-state index contributed by atoms with van der Waals surface area (Å²) in [6.45, 7) is 3.12. The van der Waals surface area contributed by atoms with E-state index in [0.717, 1.165) is 18.7 Å². The zero-order chi connectivity index (χ0) is 7.14. The van der Waals surface area contributed by atoms with E-state index in [2.05, 4.69) is 12.0 Å². The number of fused-ring (bicyclic) bond motifs is 1. The van der Waals surface area contributed by atoms with Gasteiger partial charge in [0.25, 0.3) is 0 Å². The highest BCUT2D eigenvalue weighted by atomic mass is 16.3. The van der Waals surface area contributed by atoms with Crippen molar-refractivity contribution in [3.63, 3.8) is 0 Å². The topological polar surface area (TPSA) is 38.1 Å². The van der Waals surface area contributed by atoms with Gasteiger partial charge in [0.05, 0.1) is 11.9 Å². The van der Waals surface area contributed by atoms with Crippen molar-refractivity contribution >= 4 is 0 Å². The lowest BCUT2D eigenvalue weighted by Gasteiger charge is -1.94. The molecule has 0 radical (unpaired) electrons. The Labute approximate surface area is 59.3 Å². The average molecular weight is 138 g/mol. The number of hydrogen-bond donors (Lipinski definition) is 1. The van der Waals surface area contributed by atoms with Crippen LogP contribution in [0.5, 0.6) is 5.75 Å². The molecular weight excluding hydrogens is 128 g/mol. The molecule has 10 heavy (non-hydrogen) atoms. The molecule has 54 valence electrons. The van der Waals surface area contributed by atoms with Gasteiger partial charge in [0.15, 0.2) is 5.75 Å². The normalized spacial score (nSPS) is 23.1. The van der Waals surface area contributed by atoms with Gasteiger partial charge in [-0.05, 0) is 12.3 Å². The van der Waals surface area contributed by atoms with E-state index in [9.17, 15) is 5.11 Å². The molecule has 0 fully saturated rings. The van der Waals surface area contributed by atoms with E-state index in [-0.39, 0.29) is 0 Å². The first kappa shape index (κ1) is 5.77. The number of aromatic hydroxyl groups is 1. The number of aromatic nitrogens is 2. The maximum atomic E-state index is 9.21.